The normalized spacial score (nSPS) is 12.8. The van der Waals surface area contributed by atoms with Crippen molar-refractivity contribution in [2.75, 3.05) is 0 Å². The molecule has 5 nitrogen and oxygen atoms in total. The summed E-state index contributed by atoms with van der Waals surface area (Å²) in [6.45, 7) is 6.57. The maximum atomic E-state index is 11.1. The summed E-state index contributed by atoms with van der Waals surface area (Å²) in [6.07, 6.45) is 3.29. The summed E-state index contributed by atoms with van der Waals surface area (Å²) in [4.78, 5) is 18.9. The van der Waals surface area contributed by atoms with Gasteiger partial charge in [0.2, 0.25) is 0 Å². The highest BCUT2D eigenvalue weighted by molar-refractivity contribution is 9.10. The van der Waals surface area contributed by atoms with Gasteiger partial charge in [-0.1, -0.05) is 55.3 Å². The van der Waals surface area contributed by atoms with Gasteiger partial charge in [0, 0.05) is 17.1 Å². The van der Waals surface area contributed by atoms with Crippen LogP contribution in [-0.4, -0.2) is 21.2 Å². The number of hydrogen-bond acceptors (Lipinski definition) is 2. The first-order chi connectivity index (χ1) is 11.3. The summed E-state index contributed by atoms with van der Waals surface area (Å²) < 4.78 is 0.996. The number of imidazole rings is 1. The highest BCUT2D eigenvalue weighted by Gasteiger charge is 2.21. The number of halogens is 1. The molecule has 0 fully saturated rings. The van der Waals surface area contributed by atoms with E-state index in [-0.39, 0.29) is 5.41 Å². The third-order valence-electron chi connectivity index (χ3n) is 4.25. The van der Waals surface area contributed by atoms with Crippen LogP contribution in [0.5, 0.6) is 0 Å². The Morgan fingerprint density at radius 2 is 2.04 bits per heavy atom. The van der Waals surface area contributed by atoms with E-state index in [9.17, 15) is 4.79 Å². The second-order valence-corrected chi connectivity index (χ2v) is 7.72. The van der Waals surface area contributed by atoms with Crippen molar-refractivity contribution in [1.82, 2.24) is 15.3 Å². The Hall–Kier alpha value is -1.82. The van der Waals surface area contributed by atoms with Crippen molar-refractivity contribution in [2.24, 2.45) is 5.41 Å². The first kappa shape index (κ1) is 18.5. The number of amides is 1. The molecule has 6 heteroatoms. The lowest BCUT2D eigenvalue weighted by molar-refractivity contribution is 0.189. The van der Waals surface area contributed by atoms with Crippen molar-refractivity contribution < 1.29 is 9.90 Å². The first-order valence-corrected chi connectivity index (χ1v) is 8.86. The minimum atomic E-state index is -1.05. The minimum absolute atomic E-state index is 0.174. The average molecular weight is 394 g/mol. The zero-order chi connectivity index (χ0) is 17.7. The fourth-order valence-electron chi connectivity index (χ4n) is 2.48. The van der Waals surface area contributed by atoms with E-state index in [2.05, 4.69) is 52.0 Å². The van der Waals surface area contributed by atoms with Crippen LogP contribution in [-0.2, 0) is 12.8 Å². The smallest absolute Gasteiger partial charge is 0.405 e. The number of nitrogens with one attached hydrogen (secondary N) is 2. The Balaban J connectivity index is 2.17. The Labute approximate surface area is 151 Å². The number of carbonyl (C=O) groups is 1. The van der Waals surface area contributed by atoms with E-state index in [1.165, 1.54) is 0 Å². The van der Waals surface area contributed by atoms with Crippen LogP contribution in [0.25, 0.3) is 0 Å². The summed E-state index contributed by atoms with van der Waals surface area (Å²) >= 11 is 3.41. The molecule has 0 aliphatic carbocycles. The van der Waals surface area contributed by atoms with Gasteiger partial charge in [-0.2, -0.15) is 0 Å². The van der Waals surface area contributed by atoms with Crippen molar-refractivity contribution in [1.29, 1.82) is 0 Å². The molecule has 130 valence electrons. The van der Waals surface area contributed by atoms with Crippen molar-refractivity contribution in [2.45, 2.75) is 46.1 Å². The Morgan fingerprint density at radius 3 is 2.62 bits per heavy atom. The van der Waals surface area contributed by atoms with E-state index in [1.54, 1.807) is 0 Å². The molecule has 2 aromatic rings. The fourth-order valence-corrected chi connectivity index (χ4v) is 2.75. The number of benzene rings is 1. The number of aromatic amines is 1. The summed E-state index contributed by atoms with van der Waals surface area (Å²) in [6, 6.07) is 7.45. The zero-order valence-corrected chi connectivity index (χ0v) is 15.9. The van der Waals surface area contributed by atoms with Gasteiger partial charge in [0.1, 0.15) is 5.82 Å². The monoisotopic (exact) mass is 393 g/mol. The van der Waals surface area contributed by atoms with Gasteiger partial charge < -0.3 is 15.4 Å². The molecule has 3 N–H and O–H groups in total. The summed E-state index contributed by atoms with van der Waals surface area (Å²) in [5, 5.41) is 11.7. The lowest BCUT2D eigenvalue weighted by atomic mass is 9.85. The van der Waals surface area contributed by atoms with E-state index in [1.807, 2.05) is 30.5 Å². The van der Waals surface area contributed by atoms with Crippen LogP contribution in [0, 0.1) is 5.41 Å². The SMILES string of the molecule is CCC(C)(C)Cc1c[nH]c(C(Cc2ccc(Br)cc2)NC(=O)O)n1. The van der Waals surface area contributed by atoms with E-state index in [0.717, 1.165) is 28.6 Å². The molecule has 0 radical (unpaired) electrons. The first-order valence-electron chi connectivity index (χ1n) is 8.07. The molecule has 1 aromatic carbocycles. The highest BCUT2D eigenvalue weighted by Crippen LogP contribution is 2.25. The molecule has 2 rings (SSSR count). The second kappa shape index (κ2) is 7.83. The number of nitrogens with zero attached hydrogens (tertiary/aromatic N) is 1. The Bertz CT molecular complexity index is 680. The van der Waals surface area contributed by atoms with Crippen LogP contribution in [0.1, 0.15) is 50.3 Å². The van der Waals surface area contributed by atoms with Gasteiger partial charge in [-0.25, -0.2) is 9.78 Å². The predicted octanol–water partition coefficient (Wildman–Crippen LogP) is 4.70. The topological polar surface area (TPSA) is 78.0 Å². The molecule has 1 heterocycles. The fraction of sp³-hybridized carbons (Fsp3) is 0.444. The van der Waals surface area contributed by atoms with Gasteiger partial charge in [0.05, 0.1) is 11.7 Å². The number of H-pyrrole nitrogens is 1. The van der Waals surface area contributed by atoms with E-state index >= 15 is 0 Å². The molecular formula is C18H24BrN3O2. The summed E-state index contributed by atoms with van der Waals surface area (Å²) in [5.41, 5.74) is 2.18. The van der Waals surface area contributed by atoms with Gasteiger partial charge >= 0.3 is 6.09 Å². The summed E-state index contributed by atoms with van der Waals surface area (Å²) in [7, 11) is 0. The molecule has 1 aromatic heterocycles. The summed E-state index contributed by atoms with van der Waals surface area (Å²) in [5.74, 6) is 0.655. The van der Waals surface area contributed by atoms with Crippen molar-refractivity contribution >= 4 is 22.0 Å². The van der Waals surface area contributed by atoms with Crippen LogP contribution in [0.4, 0.5) is 4.79 Å². The quantitative estimate of drug-likeness (QED) is 0.637. The van der Waals surface area contributed by atoms with Gasteiger partial charge in [0.25, 0.3) is 0 Å². The van der Waals surface area contributed by atoms with Crippen molar-refractivity contribution in [3.8, 4) is 0 Å². The molecule has 0 saturated heterocycles. The maximum Gasteiger partial charge on any atom is 0.405 e. The van der Waals surface area contributed by atoms with E-state index in [4.69, 9.17) is 5.11 Å². The molecule has 1 unspecified atom stereocenters. The van der Waals surface area contributed by atoms with Gasteiger partial charge in [0.15, 0.2) is 0 Å². The molecule has 0 aliphatic rings. The third-order valence-corrected chi connectivity index (χ3v) is 4.78. The molecule has 0 aliphatic heterocycles. The van der Waals surface area contributed by atoms with Gasteiger partial charge in [-0.05, 0) is 29.5 Å². The molecular weight excluding hydrogens is 370 g/mol. The van der Waals surface area contributed by atoms with Crippen LogP contribution < -0.4 is 5.32 Å². The van der Waals surface area contributed by atoms with E-state index in [0.29, 0.717) is 12.2 Å². The van der Waals surface area contributed by atoms with Crippen LogP contribution in [0.2, 0.25) is 0 Å². The van der Waals surface area contributed by atoms with Gasteiger partial charge in [-0.15, -0.1) is 0 Å². The number of carboxylic acid groups (broad SMARTS) is 1. The molecule has 0 spiro atoms. The average Bonchev–Trinajstić information content (AvgIpc) is 2.96. The Morgan fingerprint density at radius 1 is 1.38 bits per heavy atom. The second-order valence-electron chi connectivity index (χ2n) is 6.80. The van der Waals surface area contributed by atoms with Crippen LogP contribution in [0.3, 0.4) is 0 Å². The lowest BCUT2D eigenvalue weighted by Crippen LogP contribution is -2.29. The molecule has 24 heavy (non-hydrogen) atoms. The molecule has 1 atom stereocenters. The Kier molecular flexibility index (Phi) is 6.04. The molecule has 0 bridgehead atoms. The van der Waals surface area contributed by atoms with E-state index < -0.39 is 12.1 Å². The largest absolute Gasteiger partial charge is 0.465 e. The standard InChI is InChI=1S/C18H24BrN3O2/c1-4-18(2,3)10-14-11-20-16(21-14)15(22-17(23)24)9-12-5-7-13(19)8-6-12/h5-8,11,15,22H,4,9-10H2,1-3H3,(H,20,21)(H,23,24). The highest BCUT2D eigenvalue weighted by atomic mass is 79.9. The molecule has 1 amide bonds. The maximum absolute atomic E-state index is 11.1. The van der Waals surface area contributed by atoms with Crippen molar-refractivity contribution in [3.05, 3.63) is 52.0 Å². The van der Waals surface area contributed by atoms with Crippen LogP contribution >= 0.6 is 15.9 Å². The third kappa shape index (κ3) is 5.37. The number of rotatable bonds is 7. The van der Waals surface area contributed by atoms with Crippen LogP contribution in [0.15, 0.2) is 34.9 Å². The van der Waals surface area contributed by atoms with Gasteiger partial charge in [-0.3, -0.25) is 0 Å². The predicted molar refractivity (Wildman–Crippen MR) is 98.1 cm³/mol. The minimum Gasteiger partial charge on any atom is -0.465 e. The number of hydrogen-bond donors (Lipinski definition) is 3. The lowest BCUT2D eigenvalue weighted by Gasteiger charge is -2.20. The van der Waals surface area contributed by atoms with Crippen molar-refractivity contribution in [3.63, 3.8) is 0 Å². The number of aromatic nitrogens is 2. The molecule has 0 saturated carbocycles. The zero-order valence-electron chi connectivity index (χ0n) is 14.3.